The van der Waals surface area contributed by atoms with E-state index >= 15 is 0 Å². The van der Waals surface area contributed by atoms with Gasteiger partial charge in [0.2, 0.25) is 5.91 Å². The average Bonchev–Trinajstić information content (AvgIpc) is 2.46. The lowest BCUT2D eigenvalue weighted by molar-refractivity contribution is -0.295. The van der Waals surface area contributed by atoms with E-state index in [2.05, 4.69) is 5.32 Å². The van der Waals surface area contributed by atoms with Gasteiger partial charge in [0.1, 0.15) is 18.3 Å². The van der Waals surface area contributed by atoms with E-state index < -0.39 is 69.0 Å². The van der Waals surface area contributed by atoms with Crippen molar-refractivity contribution >= 4 is 19.7 Å². The number of carboxylic acid groups (broad SMARTS) is 1. The molecule has 1 amide bonds. The molecule has 0 aliphatic carbocycles. The third-order valence-corrected chi connectivity index (χ3v) is 3.21. The minimum atomic E-state index is -4.64. The van der Waals surface area contributed by atoms with Crippen molar-refractivity contribution < 1.29 is 64.2 Å². The molecule has 0 spiro atoms. The second kappa shape index (κ2) is 9.66. The Morgan fingerprint density at radius 2 is 1.77 bits per heavy atom. The van der Waals surface area contributed by atoms with Gasteiger partial charge in [-0.1, -0.05) is 0 Å². The van der Waals surface area contributed by atoms with Crippen LogP contribution in [0, 0.1) is 0 Å². The molecule has 0 bridgehead atoms. The summed E-state index contributed by atoms with van der Waals surface area (Å²) in [6.45, 7) is 0.256. The molecule has 0 aromatic heterocycles. The maximum absolute atomic E-state index is 11.1. The van der Waals surface area contributed by atoms with Crippen LogP contribution in [0.5, 0.6) is 0 Å². The van der Waals surface area contributed by atoms with Crippen LogP contribution in [0.15, 0.2) is 0 Å². The SMILES string of the molecule is CC(=O)N[C@@H]1[C@@H](O)CC(O)(C(=O)O)O[C@H]1C(O)C(O)CO.O=P(O)(O)O. The Bertz CT molecular complexity index is 530. The maximum atomic E-state index is 11.1. The molecule has 26 heavy (non-hydrogen) atoms. The molecule has 1 saturated heterocycles. The van der Waals surface area contributed by atoms with Crippen molar-refractivity contribution in [3.05, 3.63) is 0 Å². The zero-order valence-corrected chi connectivity index (χ0v) is 14.3. The van der Waals surface area contributed by atoms with Gasteiger partial charge in [0.05, 0.1) is 18.8 Å². The molecule has 1 heterocycles. The lowest BCUT2D eigenvalue weighted by Crippen LogP contribution is -2.67. The van der Waals surface area contributed by atoms with Gasteiger partial charge in [-0.3, -0.25) is 4.79 Å². The molecule has 1 rings (SSSR count). The fourth-order valence-corrected chi connectivity index (χ4v) is 2.14. The molecule has 1 fully saturated rings. The molecule has 3 unspecified atom stereocenters. The lowest BCUT2D eigenvalue weighted by atomic mass is 9.88. The van der Waals surface area contributed by atoms with Crippen LogP contribution in [0.25, 0.3) is 0 Å². The zero-order chi connectivity index (χ0) is 20.9. The average molecular weight is 407 g/mol. The first kappa shape index (κ1) is 24.8. The second-order valence-electron chi connectivity index (χ2n) is 5.42. The number of hydrogen-bond donors (Lipinski definition) is 10. The molecular weight excluding hydrogens is 385 g/mol. The lowest BCUT2D eigenvalue weighted by Gasteiger charge is -2.44. The molecule has 1 aliphatic rings. The number of phosphoric acid groups is 1. The molecule has 0 aromatic rings. The molecule has 6 atom stereocenters. The molecule has 0 radical (unpaired) electrons. The Balaban J connectivity index is 0.00000110. The van der Waals surface area contributed by atoms with Gasteiger partial charge in [-0.2, -0.15) is 0 Å². The first-order valence-electron chi connectivity index (χ1n) is 6.96. The van der Waals surface area contributed by atoms with E-state index in [1.165, 1.54) is 0 Å². The number of ether oxygens (including phenoxy) is 1. The van der Waals surface area contributed by atoms with Crippen molar-refractivity contribution in [2.75, 3.05) is 6.61 Å². The Kier molecular flexibility index (Phi) is 9.22. The second-order valence-corrected chi connectivity index (χ2v) is 6.45. The predicted molar refractivity (Wildman–Crippen MR) is 79.0 cm³/mol. The summed E-state index contributed by atoms with van der Waals surface area (Å²) in [6, 6.07) is -1.27. The van der Waals surface area contributed by atoms with Crippen LogP contribution in [-0.2, 0) is 18.9 Å². The van der Waals surface area contributed by atoms with Gasteiger partial charge in [-0.15, -0.1) is 0 Å². The van der Waals surface area contributed by atoms with Gasteiger partial charge in [0.15, 0.2) is 0 Å². The van der Waals surface area contributed by atoms with E-state index in [4.69, 9.17) is 34.2 Å². The van der Waals surface area contributed by atoms with Crippen molar-refractivity contribution in [2.45, 2.75) is 49.6 Å². The van der Waals surface area contributed by atoms with Gasteiger partial charge < -0.3 is 55.4 Å². The quantitative estimate of drug-likeness (QED) is 0.192. The highest BCUT2D eigenvalue weighted by molar-refractivity contribution is 7.45. The smallest absolute Gasteiger partial charge is 0.466 e. The highest BCUT2D eigenvalue weighted by atomic mass is 31.2. The number of amides is 1. The Labute approximate surface area is 146 Å². The largest absolute Gasteiger partial charge is 0.477 e. The number of rotatable bonds is 5. The fourth-order valence-electron chi connectivity index (χ4n) is 2.14. The van der Waals surface area contributed by atoms with Crippen molar-refractivity contribution in [2.24, 2.45) is 0 Å². The summed E-state index contributed by atoms with van der Waals surface area (Å²) in [6.07, 6.45) is -7.48. The summed E-state index contributed by atoms with van der Waals surface area (Å²) in [5.41, 5.74) is 0. The normalized spacial score (nSPS) is 31.2. The molecule has 0 aromatic carbocycles. The van der Waals surface area contributed by atoms with Crippen LogP contribution in [0.1, 0.15) is 13.3 Å². The van der Waals surface area contributed by atoms with Crippen LogP contribution >= 0.6 is 7.82 Å². The highest BCUT2D eigenvalue weighted by Gasteiger charge is 2.53. The maximum Gasteiger partial charge on any atom is 0.466 e. The Morgan fingerprint density at radius 1 is 1.31 bits per heavy atom. The fraction of sp³-hybridized carbons (Fsp3) is 0.818. The Morgan fingerprint density at radius 3 is 2.12 bits per heavy atom. The minimum absolute atomic E-state index is 0.598. The van der Waals surface area contributed by atoms with E-state index in [0.717, 1.165) is 6.92 Å². The van der Waals surface area contributed by atoms with Gasteiger partial charge in [-0.05, 0) is 0 Å². The van der Waals surface area contributed by atoms with Gasteiger partial charge >= 0.3 is 13.8 Å². The molecule has 1 aliphatic heterocycles. The van der Waals surface area contributed by atoms with E-state index in [0.29, 0.717) is 0 Å². The summed E-state index contributed by atoms with van der Waals surface area (Å²) < 4.78 is 13.7. The van der Waals surface area contributed by atoms with E-state index in [9.17, 15) is 30.0 Å². The number of aliphatic carboxylic acids is 1. The highest BCUT2D eigenvalue weighted by Crippen LogP contribution is 2.30. The predicted octanol–water partition coefficient (Wildman–Crippen LogP) is -4.80. The van der Waals surface area contributed by atoms with Crippen LogP contribution in [0.3, 0.4) is 0 Å². The van der Waals surface area contributed by atoms with E-state index in [1.54, 1.807) is 0 Å². The number of nitrogens with one attached hydrogen (secondary N) is 1. The topological polar surface area (TPSA) is 255 Å². The van der Waals surface area contributed by atoms with Crippen molar-refractivity contribution in [1.82, 2.24) is 5.32 Å². The number of aliphatic hydroxyl groups excluding tert-OH is 4. The standard InChI is InChI=1S/C11H19NO9.H3O4P/c1-4(14)12-7-5(15)2-11(20,10(18)19)21-9(7)8(17)6(16)3-13;1-5(2,3)4/h5-9,13,15-17,20H,2-3H2,1H3,(H,12,14)(H,18,19);(H3,1,2,3,4)/t5-,6?,7+,8?,9+,11?;/m0./s1. The molecule has 10 N–H and O–H groups in total. The van der Waals surface area contributed by atoms with Gasteiger partial charge in [0.25, 0.3) is 5.79 Å². The molecule has 154 valence electrons. The number of aliphatic hydroxyl groups is 5. The summed E-state index contributed by atoms with van der Waals surface area (Å²) in [5, 5.41) is 59.0. The summed E-state index contributed by atoms with van der Waals surface area (Å²) >= 11 is 0. The minimum Gasteiger partial charge on any atom is -0.477 e. The molecular formula is C11H22NO13P. The van der Waals surface area contributed by atoms with Crippen molar-refractivity contribution in [1.29, 1.82) is 0 Å². The van der Waals surface area contributed by atoms with Crippen LogP contribution in [-0.4, -0.2) is 100 Å². The van der Waals surface area contributed by atoms with Crippen LogP contribution in [0.4, 0.5) is 0 Å². The van der Waals surface area contributed by atoms with Crippen LogP contribution < -0.4 is 5.32 Å². The monoisotopic (exact) mass is 407 g/mol. The third-order valence-electron chi connectivity index (χ3n) is 3.21. The number of carbonyl (C=O) groups excluding carboxylic acids is 1. The number of carbonyl (C=O) groups is 2. The van der Waals surface area contributed by atoms with Gasteiger partial charge in [-0.25, -0.2) is 9.36 Å². The molecule has 14 nitrogen and oxygen atoms in total. The van der Waals surface area contributed by atoms with E-state index in [-0.39, 0.29) is 0 Å². The third kappa shape index (κ3) is 8.01. The summed E-state index contributed by atoms with van der Waals surface area (Å²) in [4.78, 5) is 43.7. The van der Waals surface area contributed by atoms with Crippen molar-refractivity contribution in [3.8, 4) is 0 Å². The van der Waals surface area contributed by atoms with E-state index in [1.807, 2.05) is 0 Å². The molecule has 0 saturated carbocycles. The number of carboxylic acids is 1. The first-order valence-corrected chi connectivity index (χ1v) is 8.53. The van der Waals surface area contributed by atoms with Crippen molar-refractivity contribution in [3.63, 3.8) is 0 Å². The zero-order valence-electron chi connectivity index (χ0n) is 13.4. The van der Waals surface area contributed by atoms with Crippen LogP contribution in [0.2, 0.25) is 0 Å². The first-order chi connectivity index (χ1) is 11.6. The summed E-state index contributed by atoms with van der Waals surface area (Å²) in [5.74, 6) is -5.17. The van der Waals surface area contributed by atoms with Gasteiger partial charge in [0, 0.05) is 13.3 Å². The molecule has 15 heteroatoms. The number of hydrogen-bond acceptors (Lipinski definition) is 9. The summed E-state index contributed by atoms with van der Waals surface area (Å²) in [7, 11) is -4.64. The Hall–Kier alpha value is -1.19.